The molecule has 2 aromatic rings. The standard InChI is InChI=1S/C17H11N/c1-2-6-13-11-17-15(10-9-12(13)5-1)14-7-3-4-8-16(14)18-17/h1-11H. The minimum atomic E-state index is 1.07. The molecule has 0 amide bonds. The molecular weight excluding hydrogens is 218 g/mol. The highest BCUT2D eigenvalue weighted by molar-refractivity contribution is 5.99. The van der Waals surface area contributed by atoms with Gasteiger partial charge in [-0.2, -0.15) is 0 Å². The Morgan fingerprint density at radius 3 is 2.39 bits per heavy atom. The number of para-hydroxylation sites is 1. The summed E-state index contributed by atoms with van der Waals surface area (Å²) in [6, 6.07) is 23.2. The third-order valence-corrected chi connectivity index (χ3v) is 3.43. The van der Waals surface area contributed by atoms with Gasteiger partial charge in [-0.1, -0.05) is 54.6 Å². The lowest BCUT2D eigenvalue weighted by Crippen LogP contribution is -1.68. The minimum Gasteiger partial charge on any atom is -0.248 e. The third kappa shape index (κ3) is 1.31. The molecule has 0 radical (unpaired) electrons. The predicted octanol–water partition coefficient (Wildman–Crippen LogP) is 4.49. The van der Waals surface area contributed by atoms with Crippen LogP contribution in [0.2, 0.25) is 0 Å². The molecule has 0 spiro atoms. The van der Waals surface area contributed by atoms with Crippen molar-refractivity contribution < 1.29 is 0 Å². The van der Waals surface area contributed by atoms with Crippen molar-refractivity contribution >= 4 is 21.7 Å². The van der Waals surface area contributed by atoms with Crippen LogP contribution >= 0.6 is 0 Å². The molecule has 0 fully saturated rings. The Kier molecular flexibility index (Phi) is 1.89. The van der Waals surface area contributed by atoms with Gasteiger partial charge in [0.1, 0.15) is 0 Å². The molecule has 0 saturated carbocycles. The van der Waals surface area contributed by atoms with E-state index >= 15 is 0 Å². The van der Waals surface area contributed by atoms with Crippen molar-refractivity contribution in [3.63, 3.8) is 0 Å². The van der Waals surface area contributed by atoms with Gasteiger partial charge in [0.25, 0.3) is 0 Å². The average molecular weight is 229 g/mol. The maximum Gasteiger partial charge on any atom is 0.0722 e. The molecule has 1 heterocycles. The fourth-order valence-electron chi connectivity index (χ4n) is 2.53. The molecule has 1 aliphatic heterocycles. The maximum absolute atomic E-state index is 4.71. The van der Waals surface area contributed by atoms with Gasteiger partial charge in [0.15, 0.2) is 0 Å². The van der Waals surface area contributed by atoms with E-state index in [-0.39, 0.29) is 0 Å². The van der Waals surface area contributed by atoms with Crippen molar-refractivity contribution in [2.24, 2.45) is 0 Å². The van der Waals surface area contributed by atoms with Crippen LogP contribution in [0.5, 0.6) is 0 Å². The SMILES string of the molecule is c1ccc2cc3nc4ccccc4c-3ccc2c1. The summed E-state index contributed by atoms with van der Waals surface area (Å²) in [6.07, 6.45) is 0. The fraction of sp³-hybridized carbons (Fsp3) is 0. The van der Waals surface area contributed by atoms with Crippen LogP contribution < -0.4 is 0 Å². The maximum atomic E-state index is 4.71. The van der Waals surface area contributed by atoms with Gasteiger partial charge in [0.05, 0.1) is 11.2 Å². The topological polar surface area (TPSA) is 12.9 Å². The van der Waals surface area contributed by atoms with Gasteiger partial charge in [0.2, 0.25) is 0 Å². The Labute approximate surface area is 105 Å². The highest BCUT2D eigenvalue weighted by Gasteiger charge is 2.09. The zero-order valence-corrected chi connectivity index (χ0v) is 9.80. The summed E-state index contributed by atoms with van der Waals surface area (Å²) < 4.78 is 0. The number of hydrogen-bond acceptors (Lipinski definition) is 1. The van der Waals surface area contributed by atoms with E-state index in [1.807, 2.05) is 6.07 Å². The van der Waals surface area contributed by atoms with E-state index in [0.29, 0.717) is 0 Å². The first-order chi connectivity index (χ1) is 8.92. The van der Waals surface area contributed by atoms with Crippen LogP contribution in [-0.4, -0.2) is 4.98 Å². The molecular formula is C17H11N. The first kappa shape index (κ1) is 9.60. The molecule has 4 rings (SSSR count). The molecule has 1 nitrogen and oxygen atoms in total. The van der Waals surface area contributed by atoms with Gasteiger partial charge in [-0.05, 0) is 22.9 Å². The molecule has 0 aromatic heterocycles. The first-order valence-corrected chi connectivity index (χ1v) is 6.09. The van der Waals surface area contributed by atoms with Gasteiger partial charge in [-0.25, -0.2) is 4.98 Å². The van der Waals surface area contributed by atoms with E-state index < -0.39 is 0 Å². The van der Waals surface area contributed by atoms with E-state index in [9.17, 15) is 0 Å². The van der Waals surface area contributed by atoms with Crippen LogP contribution in [0.1, 0.15) is 0 Å². The van der Waals surface area contributed by atoms with Gasteiger partial charge < -0.3 is 0 Å². The Morgan fingerprint density at radius 1 is 0.667 bits per heavy atom. The Balaban J connectivity index is 2.20. The second kappa shape index (κ2) is 3.54. The van der Waals surface area contributed by atoms with Crippen LogP contribution in [0, 0.1) is 0 Å². The number of benzene rings is 2. The normalized spacial score (nSPS) is 11.3. The summed E-state index contributed by atoms with van der Waals surface area (Å²) in [6.45, 7) is 0. The summed E-state index contributed by atoms with van der Waals surface area (Å²) in [5.41, 5.74) is 3.36. The summed E-state index contributed by atoms with van der Waals surface area (Å²) in [5.74, 6) is 0. The van der Waals surface area contributed by atoms with Crippen LogP contribution in [0.3, 0.4) is 0 Å². The molecule has 1 heteroatoms. The summed E-state index contributed by atoms with van der Waals surface area (Å²) in [5, 5.41) is 3.71. The highest BCUT2D eigenvalue weighted by atomic mass is 14.7. The number of rotatable bonds is 0. The smallest absolute Gasteiger partial charge is 0.0722 e. The minimum absolute atomic E-state index is 1.07. The Morgan fingerprint density at radius 2 is 1.44 bits per heavy atom. The van der Waals surface area contributed by atoms with Crippen molar-refractivity contribution in [1.82, 2.24) is 4.98 Å². The Bertz CT molecular complexity index is 827. The van der Waals surface area contributed by atoms with Crippen LogP contribution in [0.15, 0.2) is 66.7 Å². The van der Waals surface area contributed by atoms with Gasteiger partial charge in [-0.15, -0.1) is 0 Å². The summed E-state index contributed by atoms with van der Waals surface area (Å²) >= 11 is 0. The first-order valence-electron chi connectivity index (χ1n) is 6.09. The molecule has 2 aromatic carbocycles. The zero-order chi connectivity index (χ0) is 11.9. The average Bonchev–Trinajstić information content (AvgIpc) is 2.65. The van der Waals surface area contributed by atoms with Crippen molar-refractivity contribution in [3.05, 3.63) is 66.7 Å². The highest BCUT2D eigenvalue weighted by Crippen LogP contribution is 2.31. The molecule has 18 heavy (non-hydrogen) atoms. The lowest BCUT2D eigenvalue weighted by atomic mass is 10.1. The molecule has 0 bridgehead atoms. The Hall–Kier alpha value is -2.41. The van der Waals surface area contributed by atoms with E-state index in [1.54, 1.807) is 0 Å². The van der Waals surface area contributed by atoms with Gasteiger partial charge >= 0.3 is 0 Å². The van der Waals surface area contributed by atoms with Gasteiger partial charge in [0, 0.05) is 10.9 Å². The number of hydrogen-bond donors (Lipinski definition) is 0. The van der Waals surface area contributed by atoms with Crippen molar-refractivity contribution in [2.45, 2.75) is 0 Å². The van der Waals surface area contributed by atoms with Crippen LogP contribution in [0.25, 0.3) is 32.9 Å². The summed E-state index contributed by atoms with van der Waals surface area (Å²) in [7, 11) is 0. The molecule has 0 saturated heterocycles. The lowest BCUT2D eigenvalue weighted by Gasteiger charge is -1.90. The van der Waals surface area contributed by atoms with Crippen molar-refractivity contribution in [3.8, 4) is 11.3 Å². The zero-order valence-electron chi connectivity index (χ0n) is 9.80. The second-order valence-electron chi connectivity index (χ2n) is 4.53. The molecule has 2 aliphatic rings. The van der Waals surface area contributed by atoms with Gasteiger partial charge in [-0.3, -0.25) is 0 Å². The van der Waals surface area contributed by atoms with Crippen LogP contribution in [0.4, 0.5) is 0 Å². The van der Waals surface area contributed by atoms with E-state index in [0.717, 1.165) is 11.2 Å². The fourth-order valence-corrected chi connectivity index (χ4v) is 2.53. The predicted molar refractivity (Wildman–Crippen MR) is 75.9 cm³/mol. The van der Waals surface area contributed by atoms with Crippen LogP contribution in [-0.2, 0) is 0 Å². The monoisotopic (exact) mass is 229 g/mol. The number of fused-ring (bicyclic) bond motifs is 4. The van der Waals surface area contributed by atoms with E-state index in [1.165, 1.54) is 21.7 Å². The van der Waals surface area contributed by atoms with Crippen molar-refractivity contribution in [1.29, 1.82) is 0 Å². The molecule has 0 unspecified atom stereocenters. The van der Waals surface area contributed by atoms with E-state index in [2.05, 4.69) is 60.7 Å². The molecule has 1 aliphatic carbocycles. The molecule has 0 N–H and O–H groups in total. The van der Waals surface area contributed by atoms with E-state index in [4.69, 9.17) is 4.98 Å². The molecule has 0 atom stereocenters. The summed E-state index contributed by atoms with van der Waals surface area (Å²) in [4.78, 5) is 4.71. The van der Waals surface area contributed by atoms with Crippen molar-refractivity contribution in [2.75, 3.05) is 0 Å². The largest absolute Gasteiger partial charge is 0.248 e. The molecule has 84 valence electrons. The number of aromatic nitrogens is 1. The lowest BCUT2D eigenvalue weighted by molar-refractivity contribution is 1.48. The second-order valence-corrected chi connectivity index (χ2v) is 4.53. The number of nitrogens with zero attached hydrogens (tertiary/aromatic N) is 1. The quantitative estimate of drug-likeness (QED) is 0.433. The third-order valence-electron chi connectivity index (χ3n) is 3.43.